The molecular weight excluding hydrogens is 444 g/mol. The lowest BCUT2D eigenvalue weighted by atomic mass is 9.84. The van der Waals surface area contributed by atoms with E-state index in [1.807, 2.05) is 30.3 Å². The van der Waals surface area contributed by atoms with Crippen molar-refractivity contribution in [3.8, 4) is 0 Å². The molecule has 2 heterocycles. The van der Waals surface area contributed by atoms with E-state index in [2.05, 4.69) is 39.4 Å². The zero-order valence-corrected chi connectivity index (χ0v) is 20.5. The number of amides is 1. The number of benzene rings is 2. The molecule has 3 aromatic rings. The fourth-order valence-corrected chi connectivity index (χ4v) is 5.97. The van der Waals surface area contributed by atoms with Gasteiger partial charge in [-0.1, -0.05) is 42.5 Å². The predicted octanol–water partition coefficient (Wildman–Crippen LogP) is 5.29. The van der Waals surface area contributed by atoms with Gasteiger partial charge in [-0.05, 0) is 73.8 Å². The normalized spacial score (nSPS) is 21.5. The molecule has 5 rings (SSSR count). The minimum absolute atomic E-state index is 0.246. The SMILES string of the molecule is O=C(NC1CCC(CCN2CCN(c3nsc4ccccc34)CC2)CC1)OCc1ccccc1. The van der Waals surface area contributed by atoms with Crippen LogP contribution in [0.2, 0.25) is 0 Å². The van der Waals surface area contributed by atoms with Gasteiger partial charge in [0.05, 0.1) is 4.70 Å². The molecule has 34 heavy (non-hydrogen) atoms. The van der Waals surface area contributed by atoms with Gasteiger partial charge < -0.3 is 15.0 Å². The van der Waals surface area contributed by atoms with Crippen LogP contribution in [0.25, 0.3) is 10.1 Å². The van der Waals surface area contributed by atoms with Crippen LogP contribution in [0.15, 0.2) is 54.6 Å². The average molecular weight is 479 g/mol. The lowest BCUT2D eigenvalue weighted by Crippen LogP contribution is -2.47. The van der Waals surface area contributed by atoms with Gasteiger partial charge in [-0.2, -0.15) is 4.37 Å². The molecule has 0 atom stereocenters. The number of ether oxygens (including phenoxy) is 1. The number of piperazine rings is 1. The first-order valence-electron chi connectivity index (χ1n) is 12.5. The standard InChI is InChI=1S/C27H34N4O2S/c32-27(33-20-22-6-2-1-3-7-22)28-23-12-10-21(11-13-23)14-15-30-16-18-31(19-17-30)26-24-8-4-5-9-25(24)34-29-26/h1-9,21,23H,10-20H2,(H,28,32). The Balaban J connectivity index is 0.981. The summed E-state index contributed by atoms with van der Waals surface area (Å²) < 4.78 is 11.4. The number of nitrogens with zero attached hydrogens (tertiary/aromatic N) is 3. The summed E-state index contributed by atoms with van der Waals surface area (Å²) >= 11 is 1.60. The maximum atomic E-state index is 12.1. The third kappa shape index (κ3) is 5.88. The molecule has 1 aromatic heterocycles. The summed E-state index contributed by atoms with van der Waals surface area (Å²) in [5, 5.41) is 4.35. The fourth-order valence-electron chi connectivity index (χ4n) is 5.18. The number of anilines is 1. The summed E-state index contributed by atoms with van der Waals surface area (Å²) in [6.07, 6.45) is 5.44. The molecule has 1 aliphatic carbocycles. The monoisotopic (exact) mass is 478 g/mol. The highest BCUT2D eigenvalue weighted by molar-refractivity contribution is 7.13. The summed E-state index contributed by atoms with van der Waals surface area (Å²) in [5.41, 5.74) is 1.02. The maximum absolute atomic E-state index is 12.1. The first kappa shape index (κ1) is 23.1. The van der Waals surface area contributed by atoms with Crippen molar-refractivity contribution in [1.29, 1.82) is 0 Å². The number of carbonyl (C=O) groups is 1. The smallest absolute Gasteiger partial charge is 0.407 e. The number of aromatic nitrogens is 1. The number of alkyl carbamates (subject to hydrolysis) is 1. The lowest BCUT2D eigenvalue weighted by molar-refractivity contribution is 0.130. The Morgan fingerprint density at radius 3 is 2.50 bits per heavy atom. The molecule has 2 aliphatic rings. The predicted molar refractivity (Wildman–Crippen MR) is 138 cm³/mol. The number of fused-ring (bicyclic) bond motifs is 1. The van der Waals surface area contributed by atoms with Gasteiger partial charge in [0.2, 0.25) is 0 Å². The zero-order valence-electron chi connectivity index (χ0n) is 19.7. The second kappa shape index (κ2) is 11.2. The largest absolute Gasteiger partial charge is 0.445 e. The Morgan fingerprint density at radius 2 is 1.71 bits per heavy atom. The van der Waals surface area contributed by atoms with Crippen molar-refractivity contribution in [2.45, 2.75) is 44.8 Å². The first-order valence-corrected chi connectivity index (χ1v) is 13.3. The van der Waals surface area contributed by atoms with Crippen molar-refractivity contribution in [2.75, 3.05) is 37.6 Å². The van der Waals surface area contributed by atoms with Gasteiger partial charge in [-0.15, -0.1) is 0 Å². The highest BCUT2D eigenvalue weighted by Crippen LogP contribution is 2.30. The van der Waals surface area contributed by atoms with Crippen LogP contribution in [0.5, 0.6) is 0 Å². The molecule has 1 amide bonds. The van der Waals surface area contributed by atoms with Gasteiger partial charge >= 0.3 is 6.09 Å². The topological polar surface area (TPSA) is 57.7 Å². The second-order valence-corrected chi connectivity index (χ2v) is 10.3. The van der Waals surface area contributed by atoms with E-state index >= 15 is 0 Å². The zero-order chi connectivity index (χ0) is 23.2. The van der Waals surface area contributed by atoms with E-state index in [1.54, 1.807) is 11.5 Å². The van der Waals surface area contributed by atoms with E-state index in [4.69, 9.17) is 9.11 Å². The van der Waals surface area contributed by atoms with Crippen molar-refractivity contribution < 1.29 is 9.53 Å². The van der Waals surface area contributed by atoms with E-state index in [-0.39, 0.29) is 12.1 Å². The molecule has 1 aliphatic heterocycles. The summed E-state index contributed by atoms with van der Waals surface area (Å²) in [6, 6.07) is 18.6. The van der Waals surface area contributed by atoms with Crippen LogP contribution < -0.4 is 10.2 Å². The molecule has 1 saturated heterocycles. The summed E-state index contributed by atoms with van der Waals surface area (Å²) in [7, 11) is 0. The average Bonchev–Trinajstić information content (AvgIpc) is 3.32. The van der Waals surface area contributed by atoms with Crippen LogP contribution in [-0.2, 0) is 11.3 Å². The first-order chi connectivity index (χ1) is 16.7. The molecule has 0 spiro atoms. The van der Waals surface area contributed by atoms with Crippen LogP contribution in [0.4, 0.5) is 10.6 Å². The number of nitrogens with one attached hydrogen (secondary N) is 1. The Morgan fingerprint density at radius 1 is 0.971 bits per heavy atom. The highest BCUT2D eigenvalue weighted by Gasteiger charge is 2.25. The molecule has 6 nitrogen and oxygen atoms in total. The second-order valence-electron chi connectivity index (χ2n) is 9.54. The van der Waals surface area contributed by atoms with Gasteiger partial charge in [0.1, 0.15) is 12.4 Å². The number of rotatable bonds is 7. The highest BCUT2D eigenvalue weighted by atomic mass is 32.1. The summed E-state index contributed by atoms with van der Waals surface area (Å²) in [4.78, 5) is 17.2. The number of hydrogen-bond donors (Lipinski definition) is 1. The molecule has 2 fully saturated rings. The summed E-state index contributed by atoms with van der Waals surface area (Å²) in [5.74, 6) is 1.92. The molecule has 180 valence electrons. The third-order valence-electron chi connectivity index (χ3n) is 7.27. The van der Waals surface area contributed by atoms with Gasteiger partial charge in [0.15, 0.2) is 0 Å². The van der Waals surface area contributed by atoms with E-state index in [1.165, 1.54) is 35.9 Å². The number of carbonyl (C=O) groups excluding carboxylic acids is 1. The molecule has 0 radical (unpaired) electrons. The van der Waals surface area contributed by atoms with Crippen LogP contribution >= 0.6 is 11.5 Å². The van der Waals surface area contributed by atoms with Crippen molar-refractivity contribution in [3.63, 3.8) is 0 Å². The van der Waals surface area contributed by atoms with Gasteiger partial charge in [0.25, 0.3) is 0 Å². The third-order valence-corrected chi connectivity index (χ3v) is 8.08. The Kier molecular flexibility index (Phi) is 7.61. The number of hydrogen-bond acceptors (Lipinski definition) is 6. The molecule has 1 saturated carbocycles. The van der Waals surface area contributed by atoms with Crippen molar-refractivity contribution >= 4 is 33.5 Å². The van der Waals surface area contributed by atoms with Crippen LogP contribution in [0.3, 0.4) is 0 Å². The van der Waals surface area contributed by atoms with E-state index < -0.39 is 0 Å². The van der Waals surface area contributed by atoms with Gasteiger partial charge in [0, 0.05) is 37.6 Å². The minimum atomic E-state index is -0.293. The Hall–Kier alpha value is -2.64. The lowest BCUT2D eigenvalue weighted by Gasteiger charge is -2.36. The molecule has 0 bridgehead atoms. The van der Waals surface area contributed by atoms with E-state index in [9.17, 15) is 4.79 Å². The van der Waals surface area contributed by atoms with Crippen LogP contribution in [0, 0.1) is 5.92 Å². The van der Waals surface area contributed by atoms with Gasteiger partial charge in [-0.25, -0.2) is 4.79 Å². The molecule has 0 unspecified atom stereocenters. The van der Waals surface area contributed by atoms with Crippen molar-refractivity contribution in [1.82, 2.24) is 14.6 Å². The molecule has 2 aromatic carbocycles. The minimum Gasteiger partial charge on any atom is -0.445 e. The van der Waals surface area contributed by atoms with E-state index in [0.29, 0.717) is 6.61 Å². The molecular formula is C27H34N4O2S. The maximum Gasteiger partial charge on any atom is 0.407 e. The van der Waals surface area contributed by atoms with Crippen molar-refractivity contribution in [3.05, 3.63) is 60.2 Å². The molecule has 1 N–H and O–H groups in total. The molecule has 7 heteroatoms. The van der Waals surface area contributed by atoms with Crippen LogP contribution in [0.1, 0.15) is 37.7 Å². The van der Waals surface area contributed by atoms with Crippen molar-refractivity contribution in [2.24, 2.45) is 5.92 Å². The fraction of sp³-hybridized carbons (Fsp3) is 0.481. The van der Waals surface area contributed by atoms with Crippen LogP contribution in [-0.4, -0.2) is 54.1 Å². The Labute approximate surface area is 206 Å². The Bertz CT molecular complexity index is 1060. The van der Waals surface area contributed by atoms with E-state index in [0.717, 1.165) is 56.3 Å². The van der Waals surface area contributed by atoms with Gasteiger partial charge in [-0.3, -0.25) is 4.90 Å². The quantitative estimate of drug-likeness (QED) is 0.500. The summed E-state index contributed by atoms with van der Waals surface area (Å²) in [6.45, 7) is 5.82.